The number of nitrogens with one attached hydrogen (secondary N) is 1. The van der Waals surface area contributed by atoms with Crippen molar-refractivity contribution in [3.63, 3.8) is 0 Å². The number of allylic oxidation sites excluding steroid dienone is 1. The van der Waals surface area contributed by atoms with Crippen LogP contribution < -0.4 is 10.2 Å². The molecule has 3 aromatic carbocycles. The first kappa shape index (κ1) is 21.4. The number of aryl methyl sites for hydroxylation is 1. The quantitative estimate of drug-likeness (QED) is 0.339. The van der Waals surface area contributed by atoms with E-state index in [1.165, 1.54) is 0 Å². The molecule has 0 saturated heterocycles. The predicted octanol–water partition coefficient (Wildman–Crippen LogP) is 6.57. The molecule has 7 heteroatoms. The highest BCUT2D eigenvalue weighted by Crippen LogP contribution is 2.39. The number of benzene rings is 3. The molecule has 0 fully saturated rings. The van der Waals surface area contributed by atoms with Gasteiger partial charge in [-0.1, -0.05) is 77.4 Å². The van der Waals surface area contributed by atoms with Gasteiger partial charge in [-0.05, 0) is 55.4 Å². The molecule has 0 radical (unpaired) electrons. The van der Waals surface area contributed by atoms with Crippen LogP contribution in [-0.2, 0) is 0 Å². The Kier molecular flexibility index (Phi) is 5.70. The molecule has 2 heterocycles. The smallest absolute Gasteiger partial charge is 0.258 e. The van der Waals surface area contributed by atoms with Crippen molar-refractivity contribution in [3.8, 4) is 11.4 Å². The maximum absolute atomic E-state index is 6.27. The minimum atomic E-state index is -0.229. The van der Waals surface area contributed by atoms with E-state index in [4.69, 9.17) is 33.3 Å². The average Bonchev–Trinajstić information content (AvgIpc) is 3.32. The lowest BCUT2D eigenvalue weighted by molar-refractivity contribution is 0.404. The van der Waals surface area contributed by atoms with Crippen molar-refractivity contribution in [1.29, 1.82) is 0 Å². The van der Waals surface area contributed by atoms with Crippen LogP contribution in [0, 0.1) is 6.92 Å². The summed E-state index contributed by atoms with van der Waals surface area (Å²) in [5.41, 5.74) is 5.63. The molecule has 5 nitrogen and oxygen atoms in total. The van der Waals surface area contributed by atoms with Crippen LogP contribution in [0.25, 0.3) is 17.0 Å². The third-order valence-electron chi connectivity index (χ3n) is 5.71. The fraction of sp³-hybridized carbons (Fsp3) is 0.115. The Hall–Kier alpha value is -3.48. The fourth-order valence-electron chi connectivity index (χ4n) is 4.03. The minimum Gasteiger partial charge on any atom is -0.351 e. The summed E-state index contributed by atoms with van der Waals surface area (Å²) in [7, 11) is 0. The zero-order chi connectivity index (χ0) is 22.9. The molecule has 1 unspecified atom stereocenters. The summed E-state index contributed by atoms with van der Waals surface area (Å²) in [6.07, 6.45) is 0. The Morgan fingerprint density at radius 2 is 1.67 bits per heavy atom. The highest BCUT2D eigenvalue weighted by molar-refractivity contribution is 7.80. The minimum absolute atomic E-state index is 0.229. The van der Waals surface area contributed by atoms with Gasteiger partial charge >= 0.3 is 0 Å². The van der Waals surface area contributed by atoms with E-state index in [1.807, 2.05) is 85.5 Å². The van der Waals surface area contributed by atoms with Crippen LogP contribution >= 0.6 is 23.8 Å². The summed E-state index contributed by atoms with van der Waals surface area (Å²) in [6, 6.07) is 25.5. The second-order valence-electron chi connectivity index (χ2n) is 7.85. The molecule has 1 aliphatic rings. The van der Waals surface area contributed by atoms with Crippen molar-refractivity contribution in [2.75, 3.05) is 4.90 Å². The largest absolute Gasteiger partial charge is 0.351 e. The fourth-order valence-corrected chi connectivity index (χ4v) is 4.51. The van der Waals surface area contributed by atoms with Crippen LogP contribution in [0.1, 0.15) is 30.0 Å². The number of aromatic nitrogens is 2. The molecule has 5 rings (SSSR count). The van der Waals surface area contributed by atoms with Crippen molar-refractivity contribution in [3.05, 3.63) is 107 Å². The third kappa shape index (κ3) is 4.03. The van der Waals surface area contributed by atoms with Crippen LogP contribution in [0.2, 0.25) is 5.02 Å². The van der Waals surface area contributed by atoms with Crippen molar-refractivity contribution in [1.82, 2.24) is 15.5 Å². The molecule has 33 heavy (non-hydrogen) atoms. The zero-order valence-electron chi connectivity index (χ0n) is 18.1. The van der Waals surface area contributed by atoms with Crippen LogP contribution in [-0.4, -0.2) is 15.3 Å². The number of anilines is 1. The number of hydrogen-bond donors (Lipinski definition) is 1. The van der Waals surface area contributed by atoms with Crippen LogP contribution in [0.4, 0.5) is 5.69 Å². The molecular formula is C26H21ClN4OS. The summed E-state index contributed by atoms with van der Waals surface area (Å²) in [5, 5.41) is 9.04. The Bertz CT molecular complexity index is 1350. The number of rotatable bonds is 4. The monoisotopic (exact) mass is 472 g/mol. The molecule has 1 atom stereocenters. The molecule has 0 amide bonds. The van der Waals surface area contributed by atoms with Gasteiger partial charge in [-0.15, -0.1) is 0 Å². The lowest BCUT2D eigenvalue weighted by Crippen LogP contribution is -2.46. The number of hydrogen-bond acceptors (Lipinski definition) is 4. The molecule has 0 aliphatic carbocycles. The molecule has 0 saturated carbocycles. The van der Waals surface area contributed by atoms with E-state index in [-0.39, 0.29) is 6.04 Å². The summed E-state index contributed by atoms with van der Waals surface area (Å²) in [5.74, 6) is 0.991. The van der Waals surface area contributed by atoms with Crippen molar-refractivity contribution in [2.45, 2.75) is 19.9 Å². The van der Waals surface area contributed by atoms with Crippen LogP contribution in [0.15, 0.2) is 89.1 Å². The van der Waals surface area contributed by atoms with Crippen LogP contribution in [0.5, 0.6) is 0 Å². The molecule has 0 bridgehead atoms. The predicted molar refractivity (Wildman–Crippen MR) is 136 cm³/mol. The lowest BCUT2D eigenvalue weighted by Gasteiger charge is -2.37. The SMILES string of the molecule is CC1=C(c2nc(-c3ccccc3)no2)C(c2ccccc2)NC(=S)N1c1ccc(Cl)c(C)c1. The molecule has 1 N–H and O–H groups in total. The van der Waals surface area contributed by atoms with Crippen molar-refractivity contribution >= 4 is 40.2 Å². The Labute approximate surface area is 202 Å². The number of halogens is 1. The van der Waals surface area contributed by atoms with E-state index in [0.29, 0.717) is 21.9 Å². The zero-order valence-corrected chi connectivity index (χ0v) is 19.7. The Morgan fingerprint density at radius 1 is 0.970 bits per heavy atom. The first-order chi connectivity index (χ1) is 16.0. The first-order valence-electron chi connectivity index (χ1n) is 10.5. The van der Waals surface area contributed by atoms with E-state index in [2.05, 4.69) is 22.6 Å². The number of nitrogens with zero attached hydrogens (tertiary/aromatic N) is 3. The normalized spacial score (nSPS) is 16.2. The van der Waals surface area contributed by atoms with E-state index in [1.54, 1.807) is 0 Å². The van der Waals surface area contributed by atoms with E-state index in [0.717, 1.165) is 33.6 Å². The maximum Gasteiger partial charge on any atom is 0.258 e. The molecule has 164 valence electrons. The Balaban J connectivity index is 1.66. The topological polar surface area (TPSA) is 54.2 Å². The second kappa shape index (κ2) is 8.81. The van der Waals surface area contributed by atoms with Crippen molar-refractivity contribution < 1.29 is 4.52 Å². The summed E-state index contributed by atoms with van der Waals surface area (Å²) in [4.78, 5) is 6.73. The van der Waals surface area contributed by atoms with Gasteiger partial charge in [0.1, 0.15) is 0 Å². The highest BCUT2D eigenvalue weighted by Gasteiger charge is 2.34. The summed E-state index contributed by atoms with van der Waals surface area (Å²) >= 11 is 12.1. The van der Waals surface area contributed by atoms with Gasteiger partial charge in [-0.25, -0.2) is 0 Å². The van der Waals surface area contributed by atoms with Gasteiger partial charge in [0.2, 0.25) is 5.82 Å². The van der Waals surface area contributed by atoms with E-state index >= 15 is 0 Å². The summed E-state index contributed by atoms with van der Waals surface area (Å²) < 4.78 is 5.79. The van der Waals surface area contributed by atoms with Gasteiger partial charge in [0.05, 0.1) is 11.6 Å². The summed E-state index contributed by atoms with van der Waals surface area (Å²) in [6.45, 7) is 4.00. The van der Waals surface area contributed by atoms with Gasteiger partial charge in [0.25, 0.3) is 5.89 Å². The van der Waals surface area contributed by atoms with Crippen LogP contribution in [0.3, 0.4) is 0 Å². The average molecular weight is 473 g/mol. The van der Waals surface area contributed by atoms with Gasteiger partial charge in [-0.3, -0.25) is 4.90 Å². The van der Waals surface area contributed by atoms with E-state index < -0.39 is 0 Å². The first-order valence-corrected chi connectivity index (χ1v) is 11.3. The standard InChI is InChI=1S/C26H21ClN4OS/c1-16-15-20(13-14-21(16)27)31-17(2)22(23(28-26(31)33)18-9-5-3-6-10-18)25-29-24(30-32-25)19-11-7-4-8-12-19/h3-15,23H,1-2H3,(H,28,33). The van der Waals surface area contributed by atoms with Gasteiger partial charge in [-0.2, -0.15) is 4.98 Å². The second-order valence-corrected chi connectivity index (χ2v) is 8.64. The lowest BCUT2D eigenvalue weighted by atomic mass is 9.94. The maximum atomic E-state index is 6.27. The Morgan fingerprint density at radius 3 is 2.36 bits per heavy atom. The number of thiocarbonyl (C=S) groups is 1. The van der Waals surface area contributed by atoms with Gasteiger partial charge < -0.3 is 9.84 Å². The molecule has 1 aromatic heterocycles. The van der Waals surface area contributed by atoms with Crippen molar-refractivity contribution in [2.24, 2.45) is 0 Å². The van der Waals surface area contributed by atoms with Gasteiger partial charge in [0.15, 0.2) is 5.11 Å². The van der Waals surface area contributed by atoms with E-state index in [9.17, 15) is 0 Å². The highest BCUT2D eigenvalue weighted by atomic mass is 35.5. The molecule has 0 spiro atoms. The molecular weight excluding hydrogens is 452 g/mol. The van der Waals surface area contributed by atoms with Gasteiger partial charge in [0, 0.05) is 22.0 Å². The third-order valence-corrected chi connectivity index (χ3v) is 6.43. The molecule has 1 aliphatic heterocycles. The molecule has 4 aromatic rings.